The molecule has 4 heteroatoms. The number of hydrogen-bond acceptors (Lipinski definition) is 3. The van der Waals surface area contributed by atoms with Gasteiger partial charge in [-0.3, -0.25) is 0 Å². The molecule has 19 heavy (non-hydrogen) atoms. The molecule has 1 aliphatic rings. The van der Waals surface area contributed by atoms with Gasteiger partial charge in [0.2, 0.25) is 0 Å². The van der Waals surface area contributed by atoms with E-state index in [0.29, 0.717) is 5.69 Å². The first-order valence-electron chi connectivity index (χ1n) is 6.51. The summed E-state index contributed by atoms with van der Waals surface area (Å²) >= 11 is 1.79. The fourth-order valence-electron chi connectivity index (χ4n) is 2.67. The summed E-state index contributed by atoms with van der Waals surface area (Å²) in [7, 11) is 0. The highest BCUT2D eigenvalue weighted by atomic mass is 32.1. The fourth-order valence-corrected chi connectivity index (χ4v) is 3.56. The number of benzene rings is 1. The number of nitrogens with zero attached hydrogens (tertiary/aromatic N) is 1. The van der Waals surface area contributed by atoms with E-state index in [4.69, 9.17) is 5.73 Å². The van der Waals surface area contributed by atoms with Crippen LogP contribution in [0.3, 0.4) is 0 Å². The average molecular weight is 276 g/mol. The summed E-state index contributed by atoms with van der Waals surface area (Å²) in [4.78, 5) is 3.54. The lowest BCUT2D eigenvalue weighted by Crippen LogP contribution is -2.31. The van der Waals surface area contributed by atoms with Gasteiger partial charge in [0.05, 0.1) is 5.69 Å². The van der Waals surface area contributed by atoms with Crippen molar-refractivity contribution in [2.24, 2.45) is 5.73 Å². The second-order valence-corrected chi connectivity index (χ2v) is 6.01. The van der Waals surface area contributed by atoms with E-state index >= 15 is 0 Å². The molecule has 0 radical (unpaired) electrons. The number of para-hydroxylation sites is 1. The zero-order chi connectivity index (χ0) is 13.4. The van der Waals surface area contributed by atoms with Gasteiger partial charge in [0.15, 0.2) is 0 Å². The van der Waals surface area contributed by atoms with Crippen molar-refractivity contribution >= 4 is 17.0 Å². The van der Waals surface area contributed by atoms with Crippen LogP contribution >= 0.6 is 11.3 Å². The summed E-state index contributed by atoms with van der Waals surface area (Å²) in [5.74, 6) is -0.173. The number of fused-ring (bicyclic) bond motifs is 1. The molecule has 2 N–H and O–H groups in total. The zero-order valence-corrected chi connectivity index (χ0v) is 11.7. The second kappa shape index (κ2) is 4.94. The first-order valence-corrected chi connectivity index (χ1v) is 7.39. The smallest absolute Gasteiger partial charge is 0.146 e. The minimum absolute atomic E-state index is 0.158. The van der Waals surface area contributed by atoms with E-state index < -0.39 is 0 Å². The topological polar surface area (TPSA) is 29.3 Å². The van der Waals surface area contributed by atoms with Gasteiger partial charge in [0.1, 0.15) is 5.82 Å². The molecule has 0 saturated heterocycles. The highest BCUT2D eigenvalue weighted by molar-refractivity contribution is 7.10. The Balaban J connectivity index is 2.00. The molecule has 2 aromatic rings. The summed E-state index contributed by atoms with van der Waals surface area (Å²) in [6, 6.07) is 7.15. The van der Waals surface area contributed by atoms with Crippen LogP contribution in [0.15, 0.2) is 29.6 Å². The third-order valence-corrected chi connectivity index (χ3v) is 4.66. The van der Waals surface area contributed by atoms with Crippen molar-refractivity contribution in [3.8, 4) is 0 Å². The molecule has 1 aromatic carbocycles. The lowest BCUT2D eigenvalue weighted by molar-refractivity contribution is 0.604. The van der Waals surface area contributed by atoms with Gasteiger partial charge in [-0.1, -0.05) is 12.1 Å². The van der Waals surface area contributed by atoms with Crippen LogP contribution in [-0.4, -0.2) is 6.54 Å². The van der Waals surface area contributed by atoms with Crippen LogP contribution in [0, 0.1) is 5.82 Å². The van der Waals surface area contributed by atoms with Crippen molar-refractivity contribution in [2.45, 2.75) is 25.9 Å². The summed E-state index contributed by atoms with van der Waals surface area (Å²) in [5, 5.41) is 2.11. The maximum Gasteiger partial charge on any atom is 0.146 e. The Hall–Kier alpha value is -1.39. The van der Waals surface area contributed by atoms with Crippen LogP contribution in [0.2, 0.25) is 0 Å². The van der Waals surface area contributed by atoms with E-state index in [2.05, 4.69) is 16.3 Å². The predicted octanol–water partition coefficient (Wildman–Crippen LogP) is 3.47. The molecule has 0 unspecified atom stereocenters. The number of hydrogen-bond donors (Lipinski definition) is 1. The lowest BCUT2D eigenvalue weighted by atomic mass is 10.0. The van der Waals surface area contributed by atoms with E-state index in [1.807, 2.05) is 13.0 Å². The van der Waals surface area contributed by atoms with Crippen molar-refractivity contribution in [2.75, 3.05) is 11.4 Å². The maximum absolute atomic E-state index is 14.2. The monoisotopic (exact) mass is 276 g/mol. The predicted molar refractivity (Wildman–Crippen MR) is 78.1 cm³/mol. The highest BCUT2D eigenvalue weighted by Crippen LogP contribution is 2.33. The quantitative estimate of drug-likeness (QED) is 0.910. The number of nitrogens with two attached hydrogens (primary N) is 1. The first kappa shape index (κ1) is 12.6. The van der Waals surface area contributed by atoms with Crippen LogP contribution < -0.4 is 10.6 Å². The molecule has 3 rings (SSSR count). The molecule has 0 bridgehead atoms. The van der Waals surface area contributed by atoms with E-state index in [1.54, 1.807) is 17.4 Å². The van der Waals surface area contributed by atoms with Crippen LogP contribution in [0.5, 0.6) is 0 Å². The van der Waals surface area contributed by atoms with Gasteiger partial charge in [0.25, 0.3) is 0 Å². The van der Waals surface area contributed by atoms with Gasteiger partial charge in [-0.2, -0.15) is 0 Å². The summed E-state index contributed by atoms with van der Waals surface area (Å²) in [5.41, 5.74) is 8.85. The van der Waals surface area contributed by atoms with Gasteiger partial charge in [-0.25, -0.2) is 4.39 Å². The Morgan fingerprint density at radius 1 is 1.37 bits per heavy atom. The Morgan fingerprint density at radius 3 is 3.00 bits per heavy atom. The van der Waals surface area contributed by atoms with Gasteiger partial charge in [0, 0.05) is 24.0 Å². The minimum atomic E-state index is -0.173. The molecule has 100 valence electrons. The Labute approximate surface area is 116 Å². The van der Waals surface area contributed by atoms with Crippen molar-refractivity contribution in [1.82, 2.24) is 0 Å². The molecule has 1 aromatic heterocycles. The molecule has 0 spiro atoms. The molecule has 1 atom stereocenters. The van der Waals surface area contributed by atoms with Crippen LogP contribution in [0.4, 0.5) is 10.1 Å². The van der Waals surface area contributed by atoms with Gasteiger partial charge in [-0.15, -0.1) is 11.3 Å². The third kappa shape index (κ3) is 2.26. The van der Waals surface area contributed by atoms with E-state index in [-0.39, 0.29) is 11.9 Å². The molecule has 0 aliphatic carbocycles. The Bertz CT molecular complexity index is 592. The SMILES string of the molecule is C[C@H](N)c1cccc(F)c1N1CCc2sccc2C1. The number of rotatable bonds is 2. The normalized spacial score (nSPS) is 16.3. The van der Waals surface area contributed by atoms with Crippen molar-refractivity contribution in [3.05, 3.63) is 51.5 Å². The van der Waals surface area contributed by atoms with Crippen LogP contribution in [0.25, 0.3) is 0 Å². The molecule has 2 heterocycles. The third-order valence-electron chi connectivity index (χ3n) is 3.63. The van der Waals surface area contributed by atoms with E-state index in [9.17, 15) is 4.39 Å². The molecule has 0 amide bonds. The summed E-state index contributed by atoms with van der Waals surface area (Å²) in [6.45, 7) is 3.53. The minimum Gasteiger partial charge on any atom is -0.364 e. The molecule has 0 saturated carbocycles. The van der Waals surface area contributed by atoms with Crippen LogP contribution in [0.1, 0.15) is 29.0 Å². The van der Waals surface area contributed by atoms with Gasteiger partial charge < -0.3 is 10.6 Å². The largest absolute Gasteiger partial charge is 0.364 e. The Kier molecular flexibility index (Phi) is 3.29. The Morgan fingerprint density at radius 2 is 2.21 bits per heavy atom. The molecular formula is C15H17FN2S. The zero-order valence-electron chi connectivity index (χ0n) is 10.9. The number of anilines is 1. The van der Waals surface area contributed by atoms with Crippen molar-refractivity contribution in [3.63, 3.8) is 0 Å². The molecule has 0 fully saturated rings. The average Bonchev–Trinajstić information content (AvgIpc) is 2.85. The van der Waals surface area contributed by atoms with Crippen LogP contribution in [-0.2, 0) is 13.0 Å². The summed E-state index contributed by atoms with van der Waals surface area (Å²) in [6.07, 6.45) is 0.986. The summed E-state index contributed by atoms with van der Waals surface area (Å²) < 4.78 is 14.2. The maximum atomic E-state index is 14.2. The van der Waals surface area contributed by atoms with Crippen molar-refractivity contribution in [1.29, 1.82) is 0 Å². The molecule has 1 aliphatic heterocycles. The van der Waals surface area contributed by atoms with E-state index in [1.165, 1.54) is 16.5 Å². The lowest BCUT2D eigenvalue weighted by Gasteiger charge is -2.31. The fraction of sp³-hybridized carbons (Fsp3) is 0.333. The second-order valence-electron chi connectivity index (χ2n) is 5.01. The molecule has 2 nitrogen and oxygen atoms in total. The van der Waals surface area contributed by atoms with Gasteiger partial charge >= 0.3 is 0 Å². The highest BCUT2D eigenvalue weighted by Gasteiger charge is 2.23. The standard InChI is InChI=1S/C15H17FN2S/c1-10(17)12-3-2-4-13(16)15(12)18-7-5-14-11(9-18)6-8-19-14/h2-4,6,8,10H,5,7,9,17H2,1H3/t10-/m0/s1. The number of thiophene rings is 1. The van der Waals surface area contributed by atoms with Crippen molar-refractivity contribution < 1.29 is 4.39 Å². The molecular weight excluding hydrogens is 259 g/mol. The number of halogens is 1. The first-order chi connectivity index (χ1) is 9.16. The van der Waals surface area contributed by atoms with Gasteiger partial charge in [-0.05, 0) is 42.0 Å². The van der Waals surface area contributed by atoms with E-state index in [0.717, 1.165) is 25.1 Å².